The van der Waals surface area contributed by atoms with Crippen molar-refractivity contribution in [3.05, 3.63) is 60.0 Å². The van der Waals surface area contributed by atoms with Gasteiger partial charge in [0.25, 0.3) is 0 Å². The van der Waals surface area contributed by atoms with Crippen LogP contribution < -0.4 is 15.5 Å². The first-order valence-corrected chi connectivity index (χ1v) is 14.1. The molecule has 9 heteroatoms. The van der Waals surface area contributed by atoms with Gasteiger partial charge in [-0.2, -0.15) is 5.26 Å². The van der Waals surface area contributed by atoms with E-state index in [0.717, 1.165) is 81.1 Å². The molecule has 0 amide bonds. The summed E-state index contributed by atoms with van der Waals surface area (Å²) in [5, 5.41) is 10.6. The van der Waals surface area contributed by atoms with Crippen molar-refractivity contribution in [2.45, 2.75) is 38.0 Å². The van der Waals surface area contributed by atoms with Gasteiger partial charge >= 0.3 is 0 Å². The van der Waals surface area contributed by atoms with E-state index in [4.69, 9.17) is 15.5 Å². The number of nitriles is 1. The number of hydrogen-bond acceptors (Lipinski definition) is 9. The number of ether oxygens (including phenoxy) is 1. The van der Waals surface area contributed by atoms with Crippen molar-refractivity contribution >= 4 is 22.3 Å². The number of pyridine rings is 2. The van der Waals surface area contributed by atoms with Crippen molar-refractivity contribution in [3.8, 4) is 6.07 Å². The second-order valence-corrected chi connectivity index (χ2v) is 11.1. The number of rotatable bonds is 4. The highest BCUT2D eigenvalue weighted by atomic mass is 16.5. The van der Waals surface area contributed by atoms with Gasteiger partial charge in [0.1, 0.15) is 6.07 Å². The van der Waals surface area contributed by atoms with Crippen LogP contribution in [-0.2, 0) is 11.3 Å². The molecule has 3 aliphatic heterocycles. The quantitative estimate of drug-likeness (QED) is 0.550. The van der Waals surface area contributed by atoms with Gasteiger partial charge in [-0.15, -0.1) is 0 Å². The number of aromatic nitrogens is 2. The third-order valence-electron chi connectivity index (χ3n) is 8.46. The van der Waals surface area contributed by atoms with Crippen LogP contribution in [0.15, 0.2) is 48.8 Å². The molecule has 9 nitrogen and oxygen atoms in total. The molecule has 3 unspecified atom stereocenters. The summed E-state index contributed by atoms with van der Waals surface area (Å²) in [6, 6.07) is 15.7. The summed E-state index contributed by atoms with van der Waals surface area (Å²) < 4.78 is 5.59. The lowest BCUT2D eigenvalue weighted by Gasteiger charge is -2.46. The van der Waals surface area contributed by atoms with E-state index in [1.165, 1.54) is 5.69 Å². The zero-order valence-electron chi connectivity index (χ0n) is 22.7. The molecule has 0 saturated carbocycles. The summed E-state index contributed by atoms with van der Waals surface area (Å²) >= 11 is 0. The third kappa shape index (κ3) is 5.56. The molecule has 1 aromatic carbocycles. The Morgan fingerprint density at radius 3 is 2.79 bits per heavy atom. The molecule has 3 saturated heterocycles. The van der Waals surface area contributed by atoms with Gasteiger partial charge in [-0.25, -0.2) is 0 Å². The van der Waals surface area contributed by atoms with Crippen LogP contribution in [0.3, 0.4) is 0 Å². The number of benzene rings is 1. The predicted molar refractivity (Wildman–Crippen MR) is 154 cm³/mol. The number of fused-ring (bicyclic) bond motifs is 2. The molecular formula is C30H38N8O. The predicted octanol–water partition coefficient (Wildman–Crippen LogP) is 2.45. The van der Waals surface area contributed by atoms with E-state index in [1.54, 1.807) is 6.20 Å². The lowest BCUT2D eigenvalue weighted by molar-refractivity contribution is 0.127. The van der Waals surface area contributed by atoms with Crippen LogP contribution in [0.4, 0.5) is 11.4 Å². The molecular weight excluding hydrogens is 488 g/mol. The molecule has 2 aromatic heterocycles. The summed E-state index contributed by atoms with van der Waals surface area (Å²) in [6.45, 7) is 11.3. The summed E-state index contributed by atoms with van der Waals surface area (Å²) in [6.07, 6.45) is 4.89. The van der Waals surface area contributed by atoms with E-state index in [9.17, 15) is 5.26 Å². The minimum Gasteiger partial charge on any atom is -0.378 e. The summed E-state index contributed by atoms with van der Waals surface area (Å²) in [7, 11) is 0. The van der Waals surface area contributed by atoms with Crippen molar-refractivity contribution in [2.75, 3.05) is 68.8 Å². The standard InChI is InChI=1S/C30H38N8O/c1-22-17-37(29-7-4-23(15-31)30-28(29)3-2-9-33-30)20-27-8-10-35(11-12-38(22)27)19-25-5-6-26(16-34-25)36-13-14-39-21-24(32)18-36/h2-7,9,16,22,24,27H,8,10-14,17-21,32H2,1H3. The average molecular weight is 527 g/mol. The molecule has 0 radical (unpaired) electrons. The molecule has 2 N–H and O–H groups in total. The number of nitrogens with two attached hydrogens (primary N) is 1. The van der Waals surface area contributed by atoms with Crippen LogP contribution in [0.1, 0.15) is 24.6 Å². The molecule has 3 atom stereocenters. The molecule has 3 aliphatic rings. The molecule has 204 valence electrons. The number of nitrogens with zero attached hydrogens (tertiary/aromatic N) is 7. The van der Waals surface area contributed by atoms with Crippen LogP contribution in [0.2, 0.25) is 0 Å². The van der Waals surface area contributed by atoms with Crippen molar-refractivity contribution in [1.29, 1.82) is 5.26 Å². The maximum absolute atomic E-state index is 9.56. The van der Waals surface area contributed by atoms with E-state index < -0.39 is 0 Å². The Labute approximate surface area is 230 Å². The Hall–Kier alpha value is -3.29. The van der Waals surface area contributed by atoms with Crippen LogP contribution in [-0.4, -0.2) is 96.9 Å². The van der Waals surface area contributed by atoms with E-state index >= 15 is 0 Å². The lowest BCUT2D eigenvalue weighted by Crippen LogP contribution is -2.58. The minimum absolute atomic E-state index is 0.0356. The highest BCUT2D eigenvalue weighted by Gasteiger charge is 2.35. The summed E-state index contributed by atoms with van der Waals surface area (Å²) in [5.41, 5.74) is 11.0. The Balaban J connectivity index is 1.11. The monoisotopic (exact) mass is 526 g/mol. The van der Waals surface area contributed by atoms with Gasteiger partial charge < -0.3 is 20.3 Å². The lowest BCUT2D eigenvalue weighted by atomic mass is 10.0. The Kier molecular flexibility index (Phi) is 7.62. The number of anilines is 2. The molecule has 3 aromatic rings. The molecule has 39 heavy (non-hydrogen) atoms. The Morgan fingerprint density at radius 2 is 1.95 bits per heavy atom. The van der Waals surface area contributed by atoms with Crippen molar-refractivity contribution in [2.24, 2.45) is 5.73 Å². The summed E-state index contributed by atoms with van der Waals surface area (Å²) in [5.74, 6) is 0. The first-order valence-electron chi connectivity index (χ1n) is 14.1. The Bertz CT molecular complexity index is 1320. The second kappa shape index (κ2) is 11.4. The smallest absolute Gasteiger partial charge is 0.101 e. The summed E-state index contributed by atoms with van der Waals surface area (Å²) in [4.78, 5) is 19.4. The van der Waals surface area contributed by atoms with Crippen LogP contribution in [0.25, 0.3) is 10.9 Å². The molecule has 0 bridgehead atoms. The zero-order chi connectivity index (χ0) is 26.8. The fourth-order valence-electron chi connectivity index (χ4n) is 6.45. The molecule has 3 fully saturated rings. The molecule has 0 aliphatic carbocycles. The molecule has 6 rings (SSSR count). The topological polar surface area (TPSA) is 97.8 Å². The van der Waals surface area contributed by atoms with Crippen molar-refractivity contribution < 1.29 is 4.74 Å². The van der Waals surface area contributed by atoms with E-state index in [0.29, 0.717) is 30.9 Å². The highest BCUT2D eigenvalue weighted by Crippen LogP contribution is 2.32. The number of hydrogen-bond donors (Lipinski definition) is 1. The van der Waals surface area contributed by atoms with Gasteiger partial charge in [0, 0.05) is 87.8 Å². The second-order valence-electron chi connectivity index (χ2n) is 11.1. The van der Waals surface area contributed by atoms with Gasteiger partial charge in [0.2, 0.25) is 0 Å². The number of piperazine rings is 1. The maximum Gasteiger partial charge on any atom is 0.101 e. The van der Waals surface area contributed by atoms with Gasteiger partial charge in [-0.05, 0) is 49.7 Å². The highest BCUT2D eigenvalue weighted by molar-refractivity contribution is 5.95. The fourth-order valence-corrected chi connectivity index (χ4v) is 6.45. The van der Waals surface area contributed by atoms with Gasteiger partial charge in [-0.3, -0.25) is 19.8 Å². The van der Waals surface area contributed by atoms with E-state index in [1.807, 2.05) is 18.3 Å². The minimum atomic E-state index is 0.0356. The first kappa shape index (κ1) is 26.0. The molecule has 5 heterocycles. The van der Waals surface area contributed by atoms with E-state index in [2.05, 4.69) is 61.8 Å². The normalized spacial score (nSPS) is 25.1. The Morgan fingerprint density at radius 1 is 1.03 bits per heavy atom. The fraction of sp³-hybridized carbons (Fsp3) is 0.500. The van der Waals surface area contributed by atoms with Crippen molar-refractivity contribution in [1.82, 2.24) is 19.8 Å². The molecule has 0 spiro atoms. The maximum atomic E-state index is 9.56. The average Bonchev–Trinajstić information content (AvgIpc) is 3.31. The van der Waals surface area contributed by atoms with Crippen LogP contribution >= 0.6 is 0 Å². The van der Waals surface area contributed by atoms with Gasteiger partial charge in [0.05, 0.1) is 41.9 Å². The SMILES string of the molecule is CC1CN(c2ccc(C#N)c3ncccc23)CC2CCN(Cc3ccc(N4CCOCC(N)C4)cn3)CCN12. The van der Waals surface area contributed by atoms with Crippen molar-refractivity contribution in [3.63, 3.8) is 0 Å². The largest absolute Gasteiger partial charge is 0.378 e. The van der Waals surface area contributed by atoms with E-state index in [-0.39, 0.29) is 6.04 Å². The van der Waals surface area contributed by atoms with Crippen LogP contribution in [0, 0.1) is 11.3 Å². The first-order chi connectivity index (χ1) is 19.1. The van der Waals surface area contributed by atoms with Gasteiger partial charge in [0.15, 0.2) is 0 Å². The third-order valence-corrected chi connectivity index (χ3v) is 8.46. The van der Waals surface area contributed by atoms with Crippen LogP contribution in [0.5, 0.6) is 0 Å². The van der Waals surface area contributed by atoms with Gasteiger partial charge in [-0.1, -0.05) is 0 Å². The zero-order valence-corrected chi connectivity index (χ0v) is 22.7.